The summed E-state index contributed by atoms with van der Waals surface area (Å²) in [5.41, 5.74) is 2.03. The molecular weight excluding hydrogens is 352 g/mol. The number of anilines is 1. The Kier molecular flexibility index (Phi) is 3.93. The first-order valence-electron chi connectivity index (χ1n) is 10.1. The van der Waals surface area contributed by atoms with Crippen molar-refractivity contribution < 1.29 is 14.3 Å². The van der Waals surface area contributed by atoms with Crippen LogP contribution in [0.25, 0.3) is 0 Å². The first-order valence-corrected chi connectivity index (χ1v) is 10.1. The van der Waals surface area contributed by atoms with E-state index >= 15 is 0 Å². The second-order valence-corrected chi connectivity index (χ2v) is 8.18. The molecule has 5 rings (SSSR count). The zero-order chi connectivity index (χ0) is 19.3. The molecule has 2 fully saturated rings. The van der Waals surface area contributed by atoms with Crippen LogP contribution in [0.1, 0.15) is 42.7 Å². The van der Waals surface area contributed by atoms with E-state index in [0.717, 1.165) is 48.2 Å². The standard InChI is InChI=1S/C23H24N2O3/c1-14-8-2-4-11-17(14)24-21(26)20-19-15-9-3-5-12-18(15)28-23(25-22(20)27)13-7-6-10-16(19)23/h2-5,8-9,11-12,16,19-20H,6-7,10,13H2,1H3,(H,24,26)(H,25,27)/t16?,19?,20?,23-/m0/s1. The Morgan fingerprint density at radius 2 is 1.93 bits per heavy atom. The molecule has 28 heavy (non-hydrogen) atoms. The summed E-state index contributed by atoms with van der Waals surface area (Å²) in [4.78, 5) is 26.4. The van der Waals surface area contributed by atoms with Crippen LogP contribution in [-0.2, 0) is 9.59 Å². The van der Waals surface area contributed by atoms with E-state index in [4.69, 9.17) is 4.74 Å². The van der Waals surface area contributed by atoms with Crippen LogP contribution in [0.2, 0.25) is 0 Å². The number of aryl methyl sites for hydroxylation is 1. The van der Waals surface area contributed by atoms with E-state index < -0.39 is 11.6 Å². The highest BCUT2D eigenvalue weighted by molar-refractivity contribution is 6.08. The van der Waals surface area contributed by atoms with Gasteiger partial charge in [0.25, 0.3) is 0 Å². The maximum absolute atomic E-state index is 13.3. The molecule has 0 aromatic heterocycles. The lowest BCUT2D eigenvalue weighted by molar-refractivity contribution is -0.160. The van der Waals surface area contributed by atoms with Gasteiger partial charge in [0.15, 0.2) is 5.72 Å². The molecule has 0 radical (unpaired) electrons. The number of carbonyl (C=O) groups is 2. The lowest BCUT2D eigenvalue weighted by Gasteiger charge is -2.55. The van der Waals surface area contributed by atoms with Gasteiger partial charge >= 0.3 is 0 Å². The summed E-state index contributed by atoms with van der Waals surface area (Å²) in [6.45, 7) is 1.95. The minimum absolute atomic E-state index is 0.112. The topological polar surface area (TPSA) is 67.4 Å². The van der Waals surface area contributed by atoms with Gasteiger partial charge in [0, 0.05) is 23.9 Å². The number of hydrogen-bond acceptors (Lipinski definition) is 3. The Balaban J connectivity index is 1.57. The zero-order valence-electron chi connectivity index (χ0n) is 15.9. The number of rotatable bonds is 2. The Hall–Kier alpha value is -2.82. The molecule has 144 valence electrons. The van der Waals surface area contributed by atoms with Crippen molar-refractivity contribution in [1.82, 2.24) is 5.32 Å². The highest BCUT2D eigenvalue weighted by Crippen LogP contribution is 2.55. The van der Waals surface area contributed by atoms with Gasteiger partial charge in [-0.15, -0.1) is 0 Å². The summed E-state index contributed by atoms with van der Waals surface area (Å²) in [6.07, 6.45) is 3.86. The van der Waals surface area contributed by atoms with Gasteiger partial charge in [0.2, 0.25) is 11.8 Å². The van der Waals surface area contributed by atoms with E-state index in [1.165, 1.54) is 0 Å². The normalized spacial score (nSPS) is 30.3. The molecule has 1 aliphatic carbocycles. The molecule has 2 heterocycles. The molecule has 5 heteroatoms. The molecule has 2 N–H and O–H groups in total. The van der Waals surface area contributed by atoms with E-state index in [9.17, 15) is 9.59 Å². The van der Waals surface area contributed by atoms with E-state index in [-0.39, 0.29) is 23.7 Å². The molecule has 2 aromatic rings. The fourth-order valence-corrected chi connectivity index (χ4v) is 5.28. The highest BCUT2D eigenvalue weighted by atomic mass is 16.5. The number of fused-ring (bicyclic) bond motifs is 2. The van der Waals surface area contributed by atoms with Gasteiger partial charge in [0.1, 0.15) is 11.7 Å². The molecule has 2 amide bonds. The summed E-state index contributed by atoms with van der Waals surface area (Å²) in [6, 6.07) is 15.5. The van der Waals surface area contributed by atoms with Crippen LogP contribution in [-0.4, -0.2) is 17.5 Å². The average Bonchev–Trinajstić information content (AvgIpc) is 2.68. The van der Waals surface area contributed by atoms with Crippen LogP contribution in [0.5, 0.6) is 5.75 Å². The Bertz CT molecular complexity index is 956. The molecule has 2 aliphatic heterocycles. The fraction of sp³-hybridized carbons (Fsp3) is 0.391. The highest BCUT2D eigenvalue weighted by Gasteiger charge is 2.60. The molecule has 2 bridgehead atoms. The number of hydrogen-bond donors (Lipinski definition) is 2. The third-order valence-electron chi connectivity index (χ3n) is 6.58. The van der Waals surface area contributed by atoms with Crippen molar-refractivity contribution in [3.8, 4) is 5.75 Å². The predicted octanol–water partition coefficient (Wildman–Crippen LogP) is 3.74. The fourth-order valence-electron chi connectivity index (χ4n) is 5.28. The number of piperidine rings is 1. The van der Waals surface area contributed by atoms with Crippen LogP contribution in [0.4, 0.5) is 5.69 Å². The lowest BCUT2D eigenvalue weighted by Crippen LogP contribution is -2.69. The number of benzene rings is 2. The van der Waals surface area contributed by atoms with Gasteiger partial charge < -0.3 is 15.4 Å². The first-order chi connectivity index (χ1) is 13.6. The Morgan fingerprint density at radius 1 is 1.14 bits per heavy atom. The third kappa shape index (κ3) is 2.53. The van der Waals surface area contributed by atoms with Gasteiger partial charge in [-0.25, -0.2) is 0 Å². The molecule has 1 saturated heterocycles. The van der Waals surface area contributed by atoms with E-state index in [0.29, 0.717) is 0 Å². The number of amides is 2. The molecule has 3 aliphatic rings. The second-order valence-electron chi connectivity index (χ2n) is 8.18. The van der Waals surface area contributed by atoms with Crippen molar-refractivity contribution in [1.29, 1.82) is 0 Å². The maximum atomic E-state index is 13.3. The van der Waals surface area contributed by atoms with Crippen molar-refractivity contribution in [3.63, 3.8) is 0 Å². The van der Waals surface area contributed by atoms with Crippen LogP contribution < -0.4 is 15.4 Å². The summed E-state index contributed by atoms with van der Waals surface area (Å²) < 4.78 is 6.37. The second kappa shape index (κ2) is 6.36. The van der Waals surface area contributed by atoms with Gasteiger partial charge in [-0.3, -0.25) is 9.59 Å². The summed E-state index contributed by atoms with van der Waals surface area (Å²) in [5.74, 6) is -0.499. The minimum atomic E-state index is -0.763. The van der Waals surface area contributed by atoms with E-state index in [1.54, 1.807) is 0 Å². The number of carbonyl (C=O) groups excluding carboxylic acids is 2. The number of nitrogens with one attached hydrogen (secondary N) is 2. The van der Waals surface area contributed by atoms with Crippen LogP contribution in [0.3, 0.4) is 0 Å². The quantitative estimate of drug-likeness (QED) is 0.785. The van der Waals surface area contributed by atoms with Crippen molar-refractivity contribution in [2.45, 2.75) is 44.2 Å². The van der Waals surface area contributed by atoms with Gasteiger partial charge in [-0.1, -0.05) is 42.8 Å². The van der Waals surface area contributed by atoms with Crippen molar-refractivity contribution >= 4 is 17.5 Å². The van der Waals surface area contributed by atoms with Gasteiger partial charge in [0.05, 0.1) is 0 Å². The molecule has 0 spiro atoms. The van der Waals surface area contributed by atoms with Crippen LogP contribution in [0, 0.1) is 18.8 Å². The van der Waals surface area contributed by atoms with Gasteiger partial charge in [-0.05, 0) is 43.0 Å². The summed E-state index contributed by atoms with van der Waals surface area (Å²) >= 11 is 0. The van der Waals surface area contributed by atoms with Crippen molar-refractivity contribution in [2.75, 3.05) is 5.32 Å². The van der Waals surface area contributed by atoms with Crippen molar-refractivity contribution in [2.24, 2.45) is 11.8 Å². The Morgan fingerprint density at radius 3 is 2.79 bits per heavy atom. The summed E-state index contributed by atoms with van der Waals surface area (Å²) in [5, 5.41) is 6.11. The van der Waals surface area contributed by atoms with E-state index in [1.807, 2.05) is 55.5 Å². The number of para-hydroxylation sites is 2. The Labute approximate surface area is 164 Å². The predicted molar refractivity (Wildman–Crippen MR) is 106 cm³/mol. The molecular formula is C23H24N2O3. The third-order valence-corrected chi connectivity index (χ3v) is 6.58. The maximum Gasteiger partial charge on any atom is 0.237 e. The number of ether oxygens (including phenoxy) is 1. The average molecular weight is 376 g/mol. The van der Waals surface area contributed by atoms with Crippen LogP contribution in [0.15, 0.2) is 48.5 Å². The minimum Gasteiger partial charge on any atom is -0.467 e. The monoisotopic (exact) mass is 376 g/mol. The largest absolute Gasteiger partial charge is 0.467 e. The SMILES string of the molecule is Cc1ccccc1NC(=O)C1C(=O)N[C@]23CCCCC2C1c1ccccc1O3. The molecule has 5 nitrogen and oxygen atoms in total. The van der Waals surface area contributed by atoms with Gasteiger partial charge in [-0.2, -0.15) is 0 Å². The smallest absolute Gasteiger partial charge is 0.237 e. The molecule has 4 atom stereocenters. The van der Waals surface area contributed by atoms with Crippen molar-refractivity contribution in [3.05, 3.63) is 59.7 Å². The van der Waals surface area contributed by atoms with Crippen LogP contribution >= 0.6 is 0 Å². The lowest BCUT2D eigenvalue weighted by atomic mass is 9.62. The van der Waals surface area contributed by atoms with E-state index in [2.05, 4.69) is 10.6 Å². The summed E-state index contributed by atoms with van der Waals surface area (Å²) in [7, 11) is 0. The molecule has 1 saturated carbocycles. The zero-order valence-corrected chi connectivity index (χ0v) is 15.9. The molecule has 2 aromatic carbocycles. The molecule has 3 unspecified atom stereocenters. The first kappa shape index (κ1) is 17.3.